The van der Waals surface area contributed by atoms with Crippen LogP contribution in [0.2, 0.25) is 0 Å². The van der Waals surface area contributed by atoms with Crippen molar-refractivity contribution in [2.24, 2.45) is 0 Å². The van der Waals surface area contributed by atoms with E-state index in [2.05, 4.69) is 25.7 Å². The smallest absolute Gasteiger partial charge is 0.346 e. The van der Waals surface area contributed by atoms with E-state index in [0.717, 1.165) is 0 Å². The summed E-state index contributed by atoms with van der Waals surface area (Å²) in [5.74, 6) is -1.47. The summed E-state index contributed by atoms with van der Waals surface area (Å²) in [5.41, 5.74) is -0.206. The predicted molar refractivity (Wildman–Crippen MR) is 89.9 cm³/mol. The Morgan fingerprint density at radius 1 is 0.818 bits per heavy atom. The quantitative estimate of drug-likeness (QED) is 0.294. The zero-order valence-electron chi connectivity index (χ0n) is 14.7. The zero-order valence-corrected chi connectivity index (χ0v) is 15.5. The Morgan fingerprint density at radius 2 is 1.18 bits per heavy atom. The van der Waals surface area contributed by atoms with Crippen LogP contribution in [0.4, 0.5) is 0 Å². The van der Waals surface area contributed by atoms with Crippen LogP contribution in [0.25, 0.3) is 0 Å². The number of hydrogen-bond donors (Lipinski definition) is 0. The first-order chi connectivity index (χ1) is 10.4. The molecule has 0 aliphatic heterocycles. The van der Waals surface area contributed by atoms with Crippen LogP contribution in [0.15, 0.2) is 10.6 Å². The predicted octanol–water partition coefficient (Wildman–Crippen LogP) is 3.36. The van der Waals surface area contributed by atoms with Crippen LogP contribution in [0.1, 0.15) is 48.0 Å². The van der Waals surface area contributed by atoms with Gasteiger partial charge in [-0.25, -0.2) is 9.59 Å². The van der Waals surface area contributed by atoms with Gasteiger partial charge in [0.2, 0.25) is 0 Å². The number of halogens is 1. The van der Waals surface area contributed by atoms with Gasteiger partial charge < -0.3 is 14.4 Å². The van der Waals surface area contributed by atoms with Crippen molar-refractivity contribution in [3.05, 3.63) is 10.6 Å². The van der Waals surface area contributed by atoms with Crippen molar-refractivity contribution in [3.8, 4) is 0 Å². The van der Waals surface area contributed by atoms with Crippen LogP contribution in [0.3, 0.4) is 0 Å². The molecule has 0 rings (SSSR count). The van der Waals surface area contributed by atoms with Gasteiger partial charge in [0.1, 0.15) is 0 Å². The standard InChI is InChI=1S/C10H15ClO4.C6H15N/c1-4-7(11)8(9(12)14-5-2)10(13)15-6-3;1-4-7(5-2)6-3/h4-6H2,1-3H3;4-6H2,1-3H3. The van der Waals surface area contributed by atoms with Crippen LogP contribution in [0, 0.1) is 0 Å². The Bertz CT molecular complexity index is 327. The molecule has 6 heteroatoms. The van der Waals surface area contributed by atoms with Gasteiger partial charge in [0.25, 0.3) is 0 Å². The molecule has 0 saturated heterocycles. The number of carbonyl (C=O) groups excluding carboxylic acids is 2. The van der Waals surface area contributed by atoms with E-state index in [0.29, 0.717) is 6.42 Å². The minimum atomic E-state index is -0.734. The molecular weight excluding hydrogens is 306 g/mol. The largest absolute Gasteiger partial charge is 0.462 e. The first kappa shape index (κ1) is 23.2. The van der Waals surface area contributed by atoms with Crippen molar-refractivity contribution in [3.63, 3.8) is 0 Å². The zero-order chi connectivity index (χ0) is 17.5. The molecule has 22 heavy (non-hydrogen) atoms. The van der Waals surface area contributed by atoms with Gasteiger partial charge in [0.05, 0.1) is 13.2 Å². The van der Waals surface area contributed by atoms with Gasteiger partial charge in [-0.1, -0.05) is 39.3 Å². The molecule has 0 aliphatic rings. The number of nitrogens with zero attached hydrogens (tertiary/aromatic N) is 1. The summed E-state index contributed by atoms with van der Waals surface area (Å²) in [4.78, 5) is 25.2. The highest BCUT2D eigenvalue weighted by molar-refractivity contribution is 6.35. The van der Waals surface area contributed by atoms with Crippen LogP contribution < -0.4 is 0 Å². The van der Waals surface area contributed by atoms with E-state index in [9.17, 15) is 9.59 Å². The Labute approximate surface area is 139 Å². The van der Waals surface area contributed by atoms with Gasteiger partial charge in [-0.15, -0.1) is 0 Å². The molecule has 0 radical (unpaired) electrons. The fourth-order valence-corrected chi connectivity index (χ4v) is 1.71. The molecule has 0 saturated carbocycles. The van der Waals surface area contributed by atoms with Crippen molar-refractivity contribution < 1.29 is 19.1 Å². The first-order valence-electron chi connectivity index (χ1n) is 7.88. The van der Waals surface area contributed by atoms with Gasteiger partial charge >= 0.3 is 11.9 Å². The molecule has 0 atom stereocenters. The monoisotopic (exact) mass is 335 g/mol. The third-order valence-electron chi connectivity index (χ3n) is 2.88. The summed E-state index contributed by atoms with van der Waals surface area (Å²) in [5, 5.41) is 0.159. The second-order valence-corrected chi connectivity index (χ2v) is 4.65. The summed E-state index contributed by atoms with van der Waals surface area (Å²) in [6.07, 6.45) is 0.383. The Hall–Kier alpha value is -1.07. The number of esters is 2. The summed E-state index contributed by atoms with van der Waals surface area (Å²) < 4.78 is 9.42. The second-order valence-electron chi connectivity index (χ2n) is 4.19. The molecule has 0 aromatic rings. The molecule has 0 unspecified atom stereocenters. The van der Waals surface area contributed by atoms with Crippen LogP contribution in [-0.2, 0) is 19.1 Å². The lowest BCUT2D eigenvalue weighted by molar-refractivity contribution is -0.146. The van der Waals surface area contributed by atoms with Crippen LogP contribution in [0.5, 0.6) is 0 Å². The van der Waals surface area contributed by atoms with Crippen LogP contribution >= 0.6 is 11.6 Å². The van der Waals surface area contributed by atoms with Crippen molar-refractivity contribution in [2.45, 2.75) is 48.0 Å². The van der Waals surface area contributed by atoms with Gasteiger partial charge in [0.15, 0.2) is 5.57 Å². The molecule has 130 valence electrons. The number of ether oxygens (including phenoxy) is 2. The minimum absolute atomic E-state index is 0.159. The SMILES string of the molecule is CCN(CC)CC.CCOC(=O)C(C(=O)OCC)=C(Cl)CC. The van der Waals surface area contributed by atoms with Gasteiger partial charge in [-0.05, 0) is 39.9 Å². The van der Waals surface area contributed by atoms with E-state index in [1.165, 1.54) is 19.6 Å². The molecule has 0 spiro atoms. The van der Waals surface area contributed by atoms with Gasteiger partial charge in [-0.2, -0.15) is 0 Å². The molecule has 0 N–H and O–H groups in total. The fraction of sp³-hybridized carbons (Fsp3) is 0.750. The topological polar surface area (TPSA) is 55.8 Å². The molecular formula is C16H30ClNO4. The maximum absolute atomic E-state index is 11.4. The summed E-state index contributed by atoms with van der Waals surface area (Å²) >= 11 is 5.77. The normalized spacial score (nSPS) is 9.64. The average molecular weight is 336 g/mol. The highest BCUT2D eigenvalue weighted by atomic mass is 35.5. The van der Waals surface area contributed by atoms with E-state index in [-0.39, 0.29) is 23.8 Å². The van der Waals surface area contributed by atoms with Gasteiger partial charge in [0, 0.05) is 5.03 Å². The van der Waals surface area contributed by atoms with Crippen molar-refractivity contribution in [2.75, 3.05) is 32.8 Å². The number of allylic oxidation sites excluding steroid dienone is 1. The summed E-state index contributed by atoms with van der Waals surface area (Å²) in [6.45, 7) is 15.5. The first-order valence-corrected chi connectivity index (χ1v) is 8.26. The molecule has 5 nitrogen and oxygen atoms in total. The van der Waals surface area contributed by atoms with Crippen molar-refractivity contribution in [1.29, 1.82) is 0 Å². The third kappa shape index (κ3) is 9.79. The van der Waals surface area contributed by atoms with E-state index < -0.39 is 11.9 Å². The minimum Gasteiger partial charge on any atom is -0.462 e. The van der Waals surface area contributed by atoms with E-state index >= 15 is 0 Å². The highest BCUT2D eigenvalue weighted by Crippen LogP contribution is 2.16. The Kier molecular flexibility index (Phi) is 15.7. The molecule has 0 amide bonds. The van der Waals surface area contributed by atoms with Crippen molar-refractivity contribution >= 4 is 23.5 Å². The Balaban J connectivity index is 0. The van der Waals surface area contributed by atoms with Crippen molar-refractivity contribution in [1.82, 2.24) is 4.90 Å². The number of rotatable bonds is 8. The summed E-state index contributed by atoms with van der Waals surface area (Å²) in [7, 11) is 0. The average Bonchev–Trinajstić information content (AvgIpc) is 2.50. The number of carbonyl (C=O) groups is 2. The van der Waals surface area contributed by atoms with E-state index in [1.54, 1.807) is 20.8 Å². The van der Waals surface area contributed by atoms with E-state index in [1.807, 2.05) is 0 Å². The maximum Gasteiger partial charge on any atom is 0.346 e. The molecule has 0 heterocycles. The molecule has 0 bridgehead atoms. The fourth-order valence-electron chi connectivity index (χ4n) is 1.56. The second kappa shape index (κ2) is 14.9. The molecule has 0 fully saturated rings. The third-order valence-corrected chi connectivity index (χ3v) is 3.34. The Morgan fingerprint density at radius 3 is 1.36 bits per heavy atom. The lowest BCUT2D eigenvalue weighted by atomic mass is 10.2. The molecule has 0 aliphatic carbocycles. The van der Waals surface area contributed by atoms with E-state index in [4.69, 9.17) is 21.1 Å². The highest BCUT2D eigenvalue weighted by Gasteiger charge is 2.24. The maximum atomic E-state index is 11.4. The van der Waals surface area contributed by atoms with Crippen LogP contribution in [-0.4, -0.2) is 49.7 Å². The lowest BCUT2D eigenvalue weighted by Gasteiger charge is -2.13. The lowest BCUT2D eigenvalue weighted by Crippen LogP contribution is -2.21. The van der Waals surface area contributed by atoms with Gasteiger partial charge in [-0.3, -0.25) is 0 Å². The molecule has 0 aromatic heterocycles. The number of hydrogen-bond acceptors (Lipinski definition) is 5. The molecule has 0 aromatic carbocycles. The summed E-state index contributed by atoms with van der Waals surface area (Å²) in [6, 6.07) is 0.